The van der Waals surface area contributed by atoms with Crippen LogP contribution in [0.2, 0.25) is 0 Å². The first-order chi connectivity index (χ1) is 13.7. The minimum atomic E-state index is 0. The highest BCUT2D eigenvalue weighted by Gasteiger charge is 2.22. The van der Waals surface area contributed by atoms with Gasteiger partial charge in [-0.1, -0.05) is 18.2 Å². The molecule has 0 radical (unpaired) electrons. The Morgan fingerprint density at radius 2 is 1.79 bits per heavy atom. The number of ether oxygens (including phenoxy) is 4. The number of aliphatic imine (C=N–C) groups is 1. The summed E-state index contributed by atoms with van der Waals surface area (Å²) in [6, 6.07) is 11.9. The lowest BCUT2D eigenvalue weighted by Crippen LogP contribution is -2.42. The monoisotopic (exact) mass is 513 g/mol. The molecule has 1 heterocycles. The summed E-state index contributed by atoms with van der Waals surface area (Å²) in [5, 5.41) is 6.62. The summed E-state index contributed by atoms with van der Waals surface area (Å²) >= 11 is 0. The molecule has 1 aliphatic rings. The van der Waals surface area contributed by atoms with Crippen LogP contribution in [0.3, 0.4) is 0 Å². The third-order valence-corrected chi connectivity index (χ3v) is 4.67. The number of hydrogen-bond donors (Lipinski definition) is 2. The first-order valence-electron chi connectivity index (χ1n) is 9.17. The van der Waals surface area contributed by atoms with E-state index in [2.05, 4.69) is 21.7 Å². The van der Waals surface area contributed by atoms with Crippen molar-refractivity contribution in [1.82, 2.24) is 10.6 Å². The maximum absolute atomic E-state index is 5.96. The lowest BCUT2D eigenvalue weighted by atomic mass is 10.1. The molecule has 2 aromatic rings. The van der Waals surface area contributed by atoms with Crippen molar-refractivity contribution in [3.05, 3.63) is 47.5 Å². The molecule has 0 spiro atoms. The summed E-state index contributed by atoms with van der Waals surface area (Å²) in [5.41, 5.74) is 2.18. The van der Waals surface area contributed by atoms with Gasteiger partial charge in [-0.2, -0.15) is 0 Å². The molecule has 3 rings (SSSR count). The predicted molar refractivity (Wildman–Crippen MR) is 124 cm³/mol. The minimum absolute atomic E-state index is 0. The summed E-state index contributed by atoms with van der Waals surface area (Å²) in [6.07, 6.45) is 0.982. The van der Waals surface area contributed by atoms with E-state index in [1.54, 1.807) is 28.4 Å². The van der Waals surface area contributed by atoms with E-state index < -0.39 is 0 Å². The van der Waals surface area contributed by atoms with Gasteiger partial charge in [0, 0.05) is 25.6 Å². The molecule has 7 nitrogen and oxygen atoms in total. The molecule has 1 unspecified atom stereocenters. The average Bonchev–Trinajstić information content (AvgIpc) is 3.16. The molecule has 0 aliphatic carbocycles. The van der Waals surface area contributed by atoms with E-state index in [1.807, 2.05) is 30.3 Å². The molecule has 158 valence electrons. The van der Waals surface area contributed by atoms with Gasteiger partial charge >= 0.3 is 0 Å². The SMILES string of the molecule is CN=C(NCc1ccc(OC)c(OC)c1OC)NCC1Cc2ccccc2O1.I. The quantitative estimate of drug-likeness (QED) is 0.337. The van der Waals surface area contributed by atoms with Crippen LogP contribution in [0.15, 0.2) is 41.4 Å². The van der Waals surface area contributed by atoms with Crippen molar-refractivity contribution in [2.75, 3.05) is 34.9 Å². The van der Waals surface area contributed by atoms with Gasteiger partial charge in [0.05, 0.1) is 27.9 Å². The number of guanidine groups is 1. The lowest BCUT2D eigenvalue weighted by Gasteiger charge is -2.18. The van der Waals surface area contributed by atoms with Crippen LogP contribution in [0.5, 0.6) is 23.0 Å². The van der Waals surface area contributed by atoms with Gasteiger partial charge in [-0.3, -0.25) is 4.99 Å². The van der Waals surface area contributed by atoms with Crippen LogP contribution in [0.1, 0.15) is 11.1 Å². The minimum Gasteiger partial charge on any atom is -0.493 e. The molecule has 2 aromatic carbocycles. The molecular weight excluding hydrogens is 485 g/mol. The van der Waals surface area contributed by atoms with Gasteiger partial charge in [-0.25, -0.2) is 0 Å². The number of halogens is 1. The summed E-state index contributed by atoms with van der Waals surface area (Å²) in [5.74, 6) is 3.50. The second-order valence-electron chi connectivity index (χ2n) is 6.35. The summed E-state index contributed by atoms with van der Waals surface area (Å²) in [4.78, 5) is 4.29. The molecule has 1 atom stereocenters. The standard InChI is InChI=1S/C21H27N3O4.HI/c1-22-21(24-13-16-11-14-7-5-6-8-17(14)28-16)23-12-15-9-10-18(25-2)20(27-4)19(15)26-3;/h5-10,16H,11-13H2,1-4H3,(H2,22,23,24);1H. The maximum atomic E-state index is 5.96. The van der Waals surface area contributed by atoms with Gasteiger partial charge in [0.2, 0.25) is 5.75 Å². The Bertz CT molecular complexity index is 820. The molecule has 1 aliphatic heterocycles. The number of benzene rings is 2. The number of hydrogen-bond acceptors (Lipinski definition) is 5. The topological polar surface area (TPSA) is 73.3 Å². The smallest absolute Gasteiger partial charge is 0.203 e. The van der Waals surface area contributed by atoms with E-state index in [9.17, 15) is 0 Å². The van der Waals surface area contributed by atoms with Gasteiger partial charge in [-0.15, -0.1) is 24.0 Å². The fraction of sp³-hybridized carbons (Fsp3) is 0.381. The van der Waals surface area contributed by atoms with Gasteiger partial charge in [-0.05, 0) is 23.8 Å². The number of nitrogens with one attached hydrogen (secondary N) is 2. The summed E-state index contributed by atoms with van der Waals surface area (Å²) in [7, 11) is 6.55. The van der Waals surface area contributed by atoms with Crippen LogP contribution in [0, 0.1) is 0 Å². The molecule has 0 fully saturated rings. The van der Waals surface area contributed by atoms with E-state index >= 15 is 0 Å². The Hall–Kier alpha value is -2.36. The van der Waals surface area contributed by atoms with Crippen LogP contribution in [0.4, 0.5) is 0 Å². The molecule has 0 aromatic heterocycles. The molecule has 0 saturated heterocycles. The van der Waals surface area contributed by atoms with Crippen molar-refractivity contribution in [1.29, 1.82) is 0 Å². The van der Waals surface area contributed by atoms with Crippen molar-refractivity contribution >= 4 is 29.9 Å². The first kappa shape index (κ1) is 22.9. The second-order valence-corrected chi connectivity index (χ2v) is 6.35. The Morgan fingerprint density at radius 3 is 2.45 bits per heavy atom. The Balaban J connectivity index is 0.00000300. The average molecular weight is 513 g/mol. The Morgan fingerprint density at radius 1 is 1.03 bits per heavy atom. The first-order valence-corrected chi connectivity index (χ1v) is 9.17. The number of methoxy groups -OCH3 is 3. The van der Waals surface area contributed by atoms with Crippen molar-refractivity contribution in [2.24, 2.45) is 4.99 Å². The third kappa shape index (κ3) is 5.37. The number of rotatable bonds is 7. The van der Waals surface area contributed by atoms with E-state index in [0.717, 1.165) is 17.7 Å². The fourth-order valence-corrected chi connectivity index (χ4v) is 3.28. The lowest BCUT2D eigenvalue weighted by molar-refractivity contribution is 0.235. The number of fused-ring (bicyclic) bond motifs is 1. The zero-order chi connectivity index (χ0) is 19.9. The van der Waals surface area contributed by atoms with Crippen LogP contribution < -0.4 is 29.6 Å². The molecule has 29 heavy (non-hydrogen) atoms. The van der Waals surface area contributed by atoms with Gasteiger partial charge < -0.3 is 29.6 Å². The summed E-state index contributed by atoms with van der Waals surface area (Å²) in [6.45, 7) is 1.19. The highest BCUT2D eigenvalue weighted by Crippen LogP contribution is 2.39. The molecule has 8 heteroatoms. The van der Waals surface area contributed by atoms with E-state index in [4.69, 9.17) is 18.9 Å². The number of nitrogens with zero attached hydrogens (tertiary/aromatic N) is 1. The van der Waals surface area contributed by atoms with Crippen molar-refractivity contribution in [2.45, 2.75) is 19.1 Å². The predicted octanol–water partition coefficient (Wildman–Crippen LogP) is 3.00. The van der Waals surface area contributed by atoms with Crippen molar-refractivity contribution < 1.29 is 18.9 Å². The highest BCUT2D eigenvalue weighted by atomic mass is 127. The maximum Gasteiger partial charge on any atom is 0.203 e. The molecule has 0 amide bonds. The summed E-state index contributed by atoms with van der Waals surface area (Å²) < 4.78 is 22.3. The zero-order valence-corrected chi connectivity index (χ0v) is 19.5. The molecular formula is C21H28IN3O4. The van der Waals surface area contributed by atoms with E-state index in [1.165, 1.54) is 5.56 Å². The van der Waals surface area contributed by atoms with Crippen LogP contribution in [-0.4, -0.2) is 47.0 Å². The number of para-hydroxylation sites is 1. The van der Waals surface area contributed by atoms with Crippen molar-refractivity contribution in [3.63, 3.8) is 0 Å². The normalized spacial score (nSPS) is 14.9. The second kappa shape index (κ2) is 11.0. The largest absolute Gasteiger partial charge is 0.493 e. The Kier molecular flexibility index (Phi) is 8.69. The third-order valence-electron chi connectivity index (χ3n) is 4.67. The van der Waals surface area contributed by atoms with Crippen LogP contribution >= 0.6 is 24.0 Å². The molecule has 0 saturated carbocycles. The van der Waals surface area contributed by atoms with Crippen molar-refractivity contribution in [3.8, 4) is 23.0 Å². The fourth-order valence-electron chi connectivity index (χ4n) is 3.28. The van der Waals surface area contributed by atoms with Gasteiger partial charge in [0.15, 0.2) is 17.5 Å². The van der Waals surface area contributed by atoms with Gasteiger partial charge in [0.1, 0.15) is 11.9 Å². The Labute approximate surface area is 188 Å². The highest BCUT2D eigenvalue weighted by molar-refractivity contribution is 14.0. The van der Waals surface area contributed by atoms with E-state index in [-0.39, 0.29) is 30.1 Å². The van der Waals surface area contributed by atoms with Crippen LogP contribution in [0.25, 0.3) is 0 Å². The molecule has 0 bridgehead atoms. The molecule has 2 N–H and O–H groups in total. The van der Waals surface area contributed by atoms with Crippen LogP contribution in [-0.2, 0) is 13.0 Å². The van der Waals surface area contributed by atoms with Gasteiger partial charge in [0.25, 0.3) is 0 Å². The van der Waals surface area contributed by atoms with E-state index in [0.29, 0.717) is 36.3 Å². The zero-order valence-electron chi connectivity index (χ0n) is 17.2.